The quantitative estimate of drug-likeness (QED) is 0.813. The predicted octanol–water partition coefficient (Wildman–Crippen LogP) is 2.30. The first kappa shape index (κ1) is 15.7. The van der Waals surface area contributed by atoms with Crippen LogP contribution in [0.1, 0.15) is 43.4 Å². The lowest BCUT2D eigenvalue weighted by molar-refractivity contribution is -0.679. The Hall–Kier alpha value is -1.35. The van der Waals surface area contributed by atoms with E-state index in [1.807, 2.05) is 13.8 Å². The van der Waals surface area contributed by atoms with Crippen LogP contribution < -0.4 is 10.6 Å². The van der Waals surface area contributed by atoms with Crippen molar-refractivity contribution in [1.82, 2.24) is 0 Å². The first-order valence-corrected chi connectivity index (χ1v) is 7.18. The third kappa shape index (κ3) is 4.67. The van der Waals surface area contributed by atoms with E-state index in [0.717, 1.165) is 29.7 Å². The lowest BCUT2D eigenvalue weighted by Gasteiger charge is -2.14. The van der Waals surface area contributed by atoms with Gasteiger partial charge in [0.05, 0.1) is 6.04 Å². The zero-order valence-corrected chi connectivity index (χ0v) is 12.8. The summed E-state index contributed by atoms with van der Waals surface area (Å²) in [5.41, 5.74) is 4.46. The molecule has 106 valence electrons. The highest BCUT2D eigenvalue weighted by Gasteiger charge is 2.12. The van der Waals surface area contributed by atoms with Crippen molar-refractivity contribution < 1.29 is 10.1 Å². The number of nitrogens with two attached hydrogens (primary N) is 1. The molecule has 3 N–H and O–H groups in total. The van der Waals surface area contributed by atoms with E-state index >= 15 is 0 Å². The summed E-state index contributed by atoms with van der Waals surface area (Å²) in [4.78, 5) is 12.0. The van der Waals surface area contributed by atoms with Gasteiger partial charge in [-0.2, -0.15) is 0 Å². The molecule has 3 nitrogen and oxygen atoms in total. The standard InChI is InChI=1S/C16H26N2O/c1-6-14(7-2)17-10-15(19)18-16-12(4)8-11(3)9-13(16)5/h8-9,14,17H,6-7,10H2,1-5H3,(H,18,19)/p+1. The smallest absolute Gasteiger partial charge is 0.279 e. The molecule has 1 aromatic carbocycles. The maximum absolute atomic E-state index is 12.0. The van der Waals surface area contributed by atoms with Gasteiger partial charge in [-0.1, -0.05) is 31.5 Å². The third-order valence-electron chi connectivity index (χ3n) is 3.63. The number of benzene rings is 1. The summed E-state index contributed by atoms with van der Waals surface area (Å²) in [6.45, 7) is 11.0. The largest absolute Gasteiger partial charge is 0.336 e. The molecule has 0 aromatic heterocycles. The molecule has 0 heterocycles. The summed E-state index contributed by atoms with van der Waals surface area (Å²) < 4.78 is 0. The number of aryl methyl sites for hydroxylation is 3. The number of carbonyl (C=O) groups excluding carboxylic acids is 1. The minimum atomic E-state index is 0.0851. The summed E-state index contributed by atoms with van der Waals surface area (Å²) in [6, 6.07) is 4.76. The van der Waals surface area contributed by atoms with Gasteiger partial charge in [-0.15, -0.1) is 0 Å². The molecule has 1 rings (SSSR count). The molecule has 0 aliphatic heterocycles. The van der Waals surface area contributed by atoms with Crippen molar-refractivity contribution in [2.75, 3.05) is 11.9 Å². The highest BCUT2D eigenvalue weighted by molar-refractivity contribution is 5.93. The Kier molecular flexibility index (Phi) is 6.03. The van der Waals surface area contributed by atoms with Gasteiger partial charge < -0.3 is 10.6 Å². The fraction of sp³-hybridized carbons (Fsp3) is 0.562. The Morgan fingerprint density at radius 1 is 1.16 bits per heavy atom. The summed E-state index contributed by atoms with van der Waals surface area (Å²) in [6.07, 6.45) is 2.21. The van der Waals surface area contributed by atoms with Crippen LogP contribution in [-0.4, -0.2) is 18.5 Å². The van der Waals surface area contributed by atoms with Crippen molar-refractivity contribution in [3.8, 4) is 0 Å². The van der Waals surface area contributed by atoms with Crippen LogP contribution in [0.5, 0.6) is 0 Å². The minimum Gasteiger partial charge on any atom is -0.336 e. The molecule has 0 bridgehead atoms. The molecular formula is C16H27N2O+. The van der Waals surface area contributed by atoms with E-state index in [1.165, 1.54) is 5.56 Å². The molecule has 0 saturated heterocycles. The average molecular weight is 263 g/mol. The number of hydrogen-bond donors (Lipinski definition) is 2. The molecular weight excluding hydrogens is 236 g/mol. The Labute approximate surface area is 116 Å². The molecule has 1 amide bonds. The fourth-order valence-corrected chi connectivity index (χ4v) is 2.46. The second kappa shape index (κ2) is 7.29. The van der Waals surface area contributed by atoms with Crippen molar-refractivity contribution >= 4 is 11.6 Å². The van der Waals surface area contributed by atoms with Gasteiger partial charge in [0.2, 0.25) is 0 Å². The van der Waals surface area contributed by atoms with Crippen LogP contribution in [0.2, 0.25) is 0 Å². The summed E-state index contributed by atoms with van der Waals surface area (Å²) in [5, 5.41) is 5.17. The molecule has 0 unspecified atom stereocenters. The zero-order valence-electron chi connectivity index (χ0n) is 12.8. The minimum absolute atomic E-state index is 0.0851. The normalized spacial score (nSPS) is 10.8. The third-order valence-corrected chi connectivity index (χ3v) is 3.63. The topological polar surface area (TPSA) is 45.7 Å². The van der Waals surface area contributed by atoms with Crippen molar-refractivity contribution in [2.24, 2.45) is 0 Å². The van der Waals surface area contributed by atoms with Gasteiger partial charge in [0.1, 0.15) is 0 Å². The van der Waals surface area contributed by atoms with Crippen LogP contribution in [0.25, 0.3) is 0 Å². The number of nitrogens with one attached hydrogen (secondary N) is 1. The molecule has 0 aliphatic carbocycles. The number of amides is 1. The van der Waals surface area contributed by atoms with E-state index in [2.05, 4.69) is 43.5 Å². The van der Waals surface area contributed by atoms with E-state index in [9.17, 15) is 4.79 Å². The molecule has 1 aromatic rings. The van der Waals surface area contributed by atoms with Crippen LogP contribution in [0.15, 0.2) is 12.1 Å². The predicted molar refractivity (Wildman–Crippen MR) is 80.4 cm³/mol. The first-order chi connectivity index (χ1) is 8.97. The molecule has 0 atom stereocenters. The van der Waals surface area contributed by atoms with E-state index in [-0.39, 0.29) is 5.91 Å². The molecule has 0 aliphatic rings. The van der Waals surface area contributed by atoms with Crippen LogP contribution >= 0.6 is 0 Å². The Morgan fingerprint density at radius 2 is 1.68 bits per heavy atom. The highest BCUT2D eigenvalue weighted by Crippen LogP contribution is 2.21. The molecule has 0 fully saturated rings. The number of rotatable bonds is 6. The molecule has 0 radical (unpaired) electrons. The van der Waals surface area contributed by atoms with Crippen molar-refractivity contribution in [1.29, 1.82) is 0 Å². The molecule has 0 saturated carbocycles. The molecule has 0 spiro atoms. The second-order valence-electron chi connectivity index (χ2n) is 5.34. The lowest BCUT2D eigenvalue weighted by Crippen LogP contribution is -2.91. The number of hydrogen-bond acceptors (Lipinski definition) is 1. The lowest BCUT2D eigenvalue weighted by atomic mass is 10.1. The Balaban J connectivity index is 2.62. The van der Waals surface area contributed by atoms with E-state index in [4.69, 9.17) is 0 Å². The maximum atomic E-state index is 12.0. The van der Waals surface area contributed by atoms with Gasteiger partial charge in [-0.05, 0) is 44.7 Å². The van der Waals surface area contributed by atoms with Crippen molar-refractivity contribution in [3.05, 3.63) is 28.8 Å². The molecule has 3 heteroatoms. The second-order valence-corrected chi connectivity index (χ2v) is 5.34. The van der Waals surface area contributed by atoms with Gasteiger partial charge in [-0.25, -0.2) is 0 Å². The monoisotopic (exact) mass is 263 g/mol. The van der Waals surface area contributed by atoms with Gasteiger partial charge in [0.25, 0.3) is 5.91 Å². The SMILES string of the molecule is CCC(CC)[NH2+]CC(=O)Nc1c(C)cc(C)cc1C. The highest BCUT2D eigenvalue weighted by atomic mass is 16.1. The number of quaternary nitrogens is 1. The summed E-state index contributed by atoms with van der Waals surface area (Å²) >= 11 is 0. The number of carbonyl (C=O) groups is 1. The average Bonchev–Trinajstić information content (AvgIpc) is 2.35. The van der Waals surface area contributed by atoms with Crippen LogP contribution in [0.3, 0.4) is 0 Å². The van der Waals surface area contributed by atoms with E-state index < -0.39 is 0 Å². The summed E-state index contributed by atoms with van der Waals surface area (Å²) in [7, 11) is 0. The number of anilines is 1. The fourth-order valence-electron chi connectivity index (χ4n) is 2.46. The van der Waals surface area contributed by atoms with Gasteiger partial charge in [0.15, 0.2) is 6.54 Å². The zero-order chi connectivity index (χ0) is 14.4. The Morgan fingerprint density at radius 3 is 2.16 bits per heavy atom. The van der Waals surface area contributed by atoms with Gasteiger partial charge in [0, 0.05) is 5.69 Å². The van der Waals surface area contributed by atoms with E-state index in [0.29, 0.717) is 12.6 Å². The van der Waals surface area contributed by atoms with Crippen LogP contribution in [-0.2, 0) is 4.79 Å². The van der Waals surface area contributed by atoms with Crippen LogP contribution in [0, 0.1) is 20.8 Å². The summed E-state index contributed by atoms with van der Waals surface area (Å²) in [5.74, 6) is 0.0851. The Bertz CT molecular complexity index is 413. The first-order valence-electron chi connectivity index (χ1n) is 7.18. The van der Waals surface area contributed by atoms with Crippen molar-refractivity contribution in [3.63, 3.8) is 0 Å². The van der Waals surface area contributed by atoms with Gasteiger partial charge >= 0.3 is 0 Å². The van der Waals surface area contributed by atoms with Gasteiger partial charge in [-0.3, -0.25) is 4.79 Å². The van der Waals surface area contributed by atoms with Crippen LogP contribution in [0.4, 0.5) is 5.69 Å². The maximum Gasteiger partial charge on any atom is 0.279 e. The molecule has 19 heavy (non-hydrogen) atoms. The van der Waals surface area contributed by atoms with E-state index in [1.54, 1.807) is 0 Å². The van der Waals surface area contributed by atoms with Crippen molar-refractivity contribution in [2.45, 2.75) is 53.5 Å².